The molecule has 1 aromatic heterocycles. The largest absolute Gasteiger partial charge is 0.392 e. The van der Waals surface area contributed by atoms with Gasteiger partial charge >= 0.3 is 0 Å². The summed E-state index contributed by atoms with van der Waals surface area (Å²) in [7, 11) is 0. The number of hydrogen-bond donors (Lipinski definition) is 2. The minimum Gasteiger partial charge on any atom is -0.392 e. The van der Waals surface area contributed by atoms with E-state index in [0.717, 1.165) is 28.0 Å². The minimum absolute atomic E-state index is 0.0124. The number of amides is 1. The summed E-state index contributed by atoms with van der Waals surface area (Å²) >= 11 is 1.78. The van der Waals surface area contributed by atoms with Gasteiger partial charge in [-0.2, -0.15) is 0 Å². The Morgan fingerprint density at radius 2 is 1.62 bits per heavy atom. The second kappa shape index (κ2) is 13.0. The molecule has 2 N–H and O–H groups in total. The molecule has 1 aliphatic rings. The molecule has 1 fully saturated rings. The lowest BCUT2D eigenvalue weighted by molar-refractivity contribution is -0.268. The van der Waals surface area contributed by atoms with Crippen LogP contribution in [0.15, 0.2) is 108 Å². The number of pyridine rings is 1. The molecule has 0 spiro atoms. The Bertz CT molecular complexity index is 1330. The van der Waals surface area contributed by atoms with E-state index in [-0.39, 0.29) is 30.6 Å². The molecule has 5 rings (SSSR count). The van der Waals surface area contributed by atoms with E-state index in [1.54, 1.807) is 36.3 Å². The number of nitrogens with zero attached hydrogens (tertiary/aromatic N) is 1. The van der Waals surface area contributed by atoms with Crippen LogP contribution in [0.1, 0.15) is 51.9 Å². The van der Waals surface area contributed by atoms with Crippen molar-refractivity contribution < 1.29 is 19.4 Å². The normalized spacial score (nSPS) is 20.9. The number of carbonyl (C=O) groups is 1. The molecule has 0 saturated carbocycles. The van der Waals surface area contributed by atoms with E-state index in [1.165, 1.54) is 4.90 Å². The third kappa shape index (κ3) is 6.94. The first kappa shape index (κ1) is 27.1. The molecule has 2 heterocycles. The fourth-order valence-electron chi connectivity index (χ4n) is 4.58. The lowest BCUT2D eigenvalue weighted by Gasteiger charge is -2.41. The number of thioether (sulfide) groups is 1. The maximum absolute atomic E-state index is 12.4. The Morgan fingerprint density at radius 3 is 2.31 bits per heavy atom. The first-order chi connectivity index (χ1) is 19.1. The molecule has 0 radical (unpaired) electrons. The van der Waals surface area contributed by atoms with Crippen molar-refractivity contribution in [3.63, 3.8) is 0 Å². The van der Waals surface area contributed by atoms with E-state index < -0.39 is 6.29 Å². The third-order valence-corrected chi connectivity index (χ3v) is 8.01. The summed E-state index contributed by atoms with van der Waals surface area (Å²) in [6, 6.07) is 29.8. The van der Waals surface area contributed by atoms with Crippen LogP contribution in [0.2, 0.25) is 0 Å². The molecule has 4 aromatic rings. The Labute approximate surface area is 233 Å². The van der Waals surface area contributed by atoms with Gasteiger partial charge in [0, 0.05) is 41.1 Å². The van der Waals surface area contributed by atoms with Gasteiger partial charge in [-0.25, -0.2) is 0 Å². The van der Waals surface area contributed by atoms with Crippen LogP contribution < -0.4 is 5.32 Å². The second-order valence-electron chi connectivity index (χ2n) is 9.61. The number of aromatic nitrogens is 1. The van der Waals surface area contributed by atoms with E-state index in [1.807, 2.05) is 66.7 Å². The molecule has 39 heavy (non-hydrogen) atoms. The zero-order valence-corrected chi connectivity index (χ0v) is 22.6. The first-order valence-corrected chi connectivity index (χ1v) is 14.0. The lowest BCUT2D eigenvalue weighted by atomic mass is 9.91. The molecule has 7 heteroatoms. The average molecular weight is 541 g/mol. The van der Waals surface area contributed by atoms with E-state index >= 15 is 0 Å². The van der Waals surface area contributed by atoms with Crippen molar-refractivity contribution in [1.29, 1.82) is 0 Å². The van der Waals surface area contributed by atoms with Crippen molar-refractivity contribution >= 4 is 17.7 Å². The van der Waals surface area contributed by atoms with Crippen LogP contribution in [0, 0.1) is 5.92 Å². The molecule has 1 saturated heterocycles. The van der Waals surface area contributed by atoms with Crippen molar-refractivity contribution in [1.82, 2.24) is 10.3 Å². The summed E-state index contributed by atoms with van der Waals surface area (Å²) in [5.74, 6) is 0.766. The number of carbonyl (C=O) groups excluding carboxylic acids is 1. The van der Waals surface area contributed by atoms with E-state index in [2.05, 4.69) is 29.4 Å². The topological polar surface area (TPSA) is 80.7 Å². The van der Waals surface area contributed by atoms with Crippen LogP contribution in [0.4, 0.5) is 0 Å². The van der Waals surface area contributed by atoms with Gasteiger partial charge in [-0.05, 0) is 41.0 Å². The predicted molar refractivity (Wildman–Crippen MR) is 152 cm³/mol. The predicted octanol–water partition coefficient (Wildman–Crippen LogP) is 6.09. The second-order valence-corrected chi connectivity index (χ2v) is 10.7. The Morgan fingerprint density at radius 1 is 0.897 bits per heavy atom. The highest BCUT2D eigenvalue weighted by Crippen LogP contribution is 2.43. The molecule has 1 amide bonds. The van der Waals surface area contributed by atoms with Crippen LogP contribution in [-0.2, 0) is 22.6 Å². The highest BCUT2D eigenvalue weighted by molar-refractivity contribution is 7.99. The van der Waals surface area contributed by atoms with Gasteiger partial charge in [-0.3, -0.25) is 9.78 Å². The van der Waals surface area contributed by atoms with Crippen molar-refractivity contribution in [3.8, 4) is 0 Å². The highest BCUT2D eigenvalue weighted by Gasteiger charge is 2.38. The quantitative estimate of drug-likeness (QED) is 0.250. The minimum atomic E-state index is -0.524. The molecule has 200 valence electrons. The summed E-state index contributed by atoms with van der Waals surface area (Å²) in [5, 5.41) is 12.4. The standard InChI is InChI=1S/C32H32N2O4S/c1-22-29(21-39-28-7-3-2-4-8-28)37-32(38-30(22)25-13-11-24(20-35)12-14-25)26-15-9-23(10-16-26)18-34-31(36)27-6-5-17-33-19-27/h2-17,19,22,29-30,32,35H,18,20-21H2,1H3,(H,34,36)/t22-,29+,30+,32+/m0/s1. The zero-order valence-electron chi connectivity index (χ0n) is 21.8. The molecule has 4 atom stereocenters. The molecule has 0 unspecified atom stereocenters. The van der Waals surface area contributed by atoms with Gasteiger partial charge in [0.05, 0.1) is 24.4 Å². The SMILES string of the molecule is C[C@H]1[C@@H](CSc2ccccc2)O[C@@H](c2ccc(CNC(=O)c3cccnc3)cc2)O[C@H]1c1ccc(CO)cc1. The number of nitrogens with one attached hydrogen (secondary N) is 1. The monoisotopic (exact) mass is 540 g/mol. The maximum Gasteiger partial charge on any atom is 0.253 e. The van der Waals surface area contributed by atoms with E-state index in [9.17, 15) is 9.90 Å². The number of ether oxygens (including phenoxy) is 2. The first-order valence-electron chi connectivity index (χ1n) is 13.1. The van der Waals surface area contributed by atoms with Gasteiger partial charge in [0.1, 0.15) is 0 Å². The van der Waals surface area contributed by atoms with Crippen LogP contribution in [0.3, 0.4) is 0 Å². The molecule has 0 aliphatic carbocycles. The van der Waals surface area contributed by atoms with Crippen LogP contribution in [0.5, 0.6) is 0 Å². The van der Waals surface area contributed by atoms with Gasteiger partial charge < -0.3 is 19.9 Å². The molecular weight excluding hydrogens is 508 g/mol. The molecule has 1 aliphatic heterocycles. The number of hydrogen-bond acceptors (Lipinski definition) is 6. The number of rotatable bonds is 9. The molecule has 3 aromatic carbocycles. The molecule has 0 bridgehead atoms. The summed E-state index contributed by atoms with van der Waals surface area (Å²) in [4.78, 5) is 17.6. The fraction of sp³-hybridized carbons (Fsp3) is 0.250. The Kier molecular flexibility index (Phi) is 9.06. The van der Waals surface area contributed by atoms with Gasteiger partial charge in [0.2, 0.25) is 0 Å². The summed E-state index contributed by atoms with van der Waals surface area (Å²) in [5.41, 5.74) is 4.38. The van der Waals surface area contributed by atoms with E-state index in [4.69, 9.17) is 9.47 Å². The van der Waals surface area contributed by atoms with Crippen molar-refractivity contribution in [3.05, 3.63) is 131 Å². The summed E-state index contributed by atoms with van der Waals surface area (Å²) in [6.45, 7) is 2.59. The Hall–Kier alpha value is -3.49. The third-order valence-electron chi connectivity index (χ3n) is 6.91. The summed E-state index contributed by atoms with van der Waals surface area (Å²) < 4.78 is 13.1. The van der Waals surface area contributed by atoms with Crippen molar-refractivity contribution in [2.45, 2.75) is 43.5 Å². The van der Waals surface area contributed by atoms with Crippen LogP contribution in [-0.4, -0.2) is 27.9 Å². The maximum atomic E-state index is 12.4. The van der Waals surface area contributed by atoms with Gasteiger partial charge in [0.25, 0.3) is 5.91 Å². The van der Waals surface area contributed by atoms with Crippen LogP contribution in [0.25, 0.3) is 0 Å². The van der Waals surface area contributed by atoms with Crippen LogP contribution >= 0.6 is 11.8 Å². The van der Waals surface area contributed by atoms with Gasteiger partial charge in [0.15, 0.2) is 6.29 Å². The number of aliphatic hydroxyl groups excluding tert-OH is 1. The van der Waals surface area contributed by atoms with Crippen molar-refractivity contribution in [2.75, 3.05) is 5.75 Å². The number of aliphatic hydroxyl groups is 1. The van der Waals surface area contributed by atoms with Gasteiger partial charge in [-0.15, -0.1) is 11.8 Å². The number of benzene rings is 3. The Balaban J connectivity index is 1.30. The highest BCUT2D eigenvalue weighted by atomic mass is 32.2. The molecular formula is C32H32N2O4S. The fourth-order valence-corrected chi connectivity index (χ4v) is 5.67. The van der Waals surface area contributed by atoms with Crippen molar-refractivity contribution in [2.24, 2.45) is 5.92 Å². The lowest BCUT2D eigenvalue weighted by Crippen LogP contribution is -2.38. The van der Waals surface area contributed by atoms with Gasteiger partial charge in [-0.1, -0.05) is 73.7 Å². The average Bonchev–Trinajstić information content (AvgIpc) is 3.00. The smallest absolute Gasteiger partial charge is 0.253 e. The molecule has 6 nitrogen and oxygen atoms in total. The zero-order chi connectivity index (χ0) is 27.0. The van der Waals surface area contributed by atoms with E-state index in [0.29, 0.717) is 12.1 Å². The summed E-state index contributed by atoms with van der Waals surface area (Å²) in [6.07, 6.45) is 2.48.